The van der Waals surface area contributed by atoms with Gasteiger partial charge < -0.3 is 20.1 Å². The third kappa shape index (κ3) is 5.77. The topological polar surface area (TPSA) is 78.9 Å². The van der Waals surface area contributed by atoms with Crippen molar-refractivity contribution in [2.45, 2.75) is 45.6 Å². The molecular weight excluding hydrogens is 260 g/mol. The highest BCUT2D eigenvalue weighted by Gasteiger charge is 2.30. The van der Waals surface area contributed by atoms with Crippen LogP contribution >= 0.6 is 0 Å². The molecule has 20 heavy (non-hydrogen) atoms. The van der Waals surface area contributed by atoms with E-state index in [1.807, 2.05) is 20.8 Å². The van der Waals surface area contributed by atoms with Gasteiger partial charge in [-0.25, -0.2) is 4.79 Å². The van der Waals surface area contributed by atoms with Crippen molar-refractivity contribution in [1.29, 1.82) is 0 Å². The van der Waals surface area contributed by atoms with Crippen molar-refractivity contribution in [2.24, 2.45) is 5.92 Å². The lowest BCUT2D eigenvalue weighted by atomic mass is 9.97. The van der Waals surface area contributed by atoms with E-state index in [4.69, 9.17) is 9.84 Å². The van der Waals surface area contributed by atoms with E-state index in [1.165, 1.54) is 0 Å². The van der Waals surface area contributed by atoms with Gasteiger partial charge in [0.25, 0.3) is 0 Å². The highest BCUT2D eigenvalue weighted by atomic mass is 16.6. The first-order valence-corrected chi connectivity index (χ1v) is 7.20. The standard InChI is InChI=1S/C14H26N2O4/c1-14(2,3)20-13(19)16-8-4-6-11(10-16)12(18)15-7-5-9-17/h11,17H,4-10H2,1-3H3,(H,15,18). The molecule has 6 nitrogen and oxygen atoms in total. The Kier molecular flexibility index (Phi) is 6.26. The van der Waals surface area contributed by atoms with E-state index in [1.54, 1.807) is 4.90 Å². The third-order valence-electron chi connectivity index (χ3n) is 3.08. The smallest absolute Gasteiger partial charge is 0.410 e. The molecule has 1 heterocycles. The molecule has 6 heteroatoms. The number of nitrogens with one attached hydrogen (secondary N) is 1. The summed E-state index contributed by atoms with van der Waals surface area (Å²) in [6.07, 6.45) is 1.78. The van der Waals surface area contributed by atoms with E-state index in [-0.39, 0.29) is 24.5 Å². The molecule has 1 rings (SSSR count). The van der Waals surface area contributed by atoms with Crippen LogP contribution in [0.5, 0.6) is 0 Å². The van der Waals surface area contributed by atoms with Crippen LogP contribution in [0.4, 0.5) is 4.79 Å². The molecule has 1 aliphatic rings. The van der Waals surface area contributed by atoms with Gasteiger partial charge in [-0.15, -0.1) is 0 Å². The van der Waals surface area contributed by atoms with Crippen molar-refractivity contribution < 1.29 is 19.4 Å². The molecule has 0 aromatic heterocycles. The van der Waals surface area contributed by atoms with Crippen molar-refractivity contribution in [3.63, 3.8) is 0 Å². The maximum Gasteiger partial charge on any atom is 0.410 e. The fourth-order valence-electron chi connectivity index (χ4n) is 2.12. The van der Waals surface area contributed by atoms with Crippen LogP contribution in [0.25, 0.3) is 0 Å². The van der Waals surface area contributed by atoms with Crippen molar-refractivity contribution in [1.82, 2.24) is 10.2 Å². The molecule has 0 radical (unpaired) electrons. The van der Waals surface area contributed by atoms with Crippen LogP contribution in [0, 0.1) is 5.92 Å². The maximum absolute atomic E-state index is 12.0. The molecule has 0 aliphatic carbocycles. The molecule has 2 N–H and O–H groups in total. The summed E-state index contributed by atoms with van der Waals surface area (Å²) in [5, 5.41) is 11.5. The number of hydrogen-bond donors (Lipinski definition) is 2. The summed E-state index contributed by atoms with van der Waals surface area (Å²) in [5.41, 5.74) is -0.520. The normalized spacial score (nSPS) is 19.6. The van der Waals surface area contributed by atoms with Crippen LogP contribution in [0.1, 0.15) is 40.0 Å². The van der Waals surface area contributed by atoms with Gasteiger partial charge in [-0.05, 0) is 40.0 Å². The lowest BCUT2D eigenvalue weighted by molar-refractivity contribution is -0.126. The number of ether oxygens (including phenoxy) is 1. The monoisotopic (exact) mass is 286 g/mol. The number of hydrogen-bond acceptors (Lipinski definition) is 4. The molecule has 0 saturated carbocycles. The summed E-state index contributed by atoms with van der Waals surface area (Å²) in [6.45, 7) is 7.05. The predicted octanol–water partition coefficient (Wildman–Crippen LogP) is 1.13. The van der Waals surface area contributed by atoms with Crippen molar-refractivity contribution in [3.05, 3.63) is 0 Å². The quantitative estimate of drug-likeness (QED) is 0.759. The minimum Gasteiger partial charge on any atom is -0.444 e. The summed E-state index contributed by atoms with van der Waals surface area (Å²) in [7, 11) is 0. The predicted molar refractivity (Wildman–Crippen MR) is 75.2 cm³/mol. The molecule has 0 spiro atoms. The molecule has 1 atom stereocenters. The Balaban J connectivity index is 2.45. The van der Waals surface area contributed by atoms with Gasteiger partial charge in [-0.2, -0.15) is 0 Å². The fraction of sp³-hybridized carbons (Fsp3) is 0.857. The molecule has 0 aromatic rings. The van der Waals surface area contributed by atoms with E-state index in [9.17, 15) is 9.59 Å². The van der Waals surface area contributed by atoms with Gasteiger partial charge in [0, 0.05) is 26.2 Å². The van der Waals surface area contributed by atoms with Crippen LogP contribution < -0.4 is 5.32 Å². The van der Waals surface area contributed by atoms with Crippen molar-refractivity contribution >= 4 is 12.0 Å². The molecule has 0 bridgehead atoms. The molecule has 1 aliphatic heterocycles. The Morgan fingerprint density at radius 1 is 1.40 bits per heavy atom. The number of amides is 2. The number of aliphatic hydroxyl groups excluding tert-OH is 1. The van der Waals surface area contributed by atoms with E-state index in [0.29, 0.717) is 26.1 Å². The Morgan fingerprint density at radius 3 is 2.70 bits per heavy atom. The Bertz CT molecular complexity index is 339. The summed E-state index contributed by atoms with van der Waals surface area (Å²) in [5.74, 6) is -0.235. The van der Waals surface area contributed by atoms with Gasteiger partial charge >= 0.3 is 6.09 Å². The second-order valence-electron chi connectivity index (χ2n) is 6.13. The SMILES string of the molecule is CC(C)(C)OC(=O)N1CCCC(C(=O)NCCCO)C1. The number of likely N-dealkylation sites (tertiary alicyclic amines) is 1. The van der Waals surface area contributed by atoms with Crippen molar-refractivity contribution in [2.75, 3.05) is 26.2 Å². The molecular formula is C14H26N2O4. The Labute approximate surface area is 120 Å². The number of aliphatic hydroxyl groups is 1. The average Bonchev–Trinajstić information content (AvgIpc) is 2.37. The zero-order valence-electron chi connectivity index (χ0n) is 12.6. The van der Waals surface area contributed by atoms with Crippen LogP contribution in [-0.4, -0.2) is 53.8 Å². The largest absolute Gasteiger partial charge is 0.444 e. The number of carbonyl (C=O) groups excluding carboxylic acids is 2. The molecule has 2 amide bonds. The lowest BCUT2D eigenvalue weighted by Gasteiger charge is -2.33. The number of piperidine rings is 1. The van der Waals surface area contributed by atoms with Gasteiger partial charge in [0.15, 0.2) is 0 Å². The summed E-state index contributed by atoms with van der Waals surface area (Å²) in [6, 6.07) is 0. The van der Waals surface area contributed by atoms with Crippen LogP contribution in [0.3, 0.4) is 0 Å². The maximum atomic E-state index is 12.0. The molecule has 0 aromatic carbocycles. The van der Waals surface area contributed by atoms with E-state index in [0.717, 1.165) is 12.8 Å². The molecule has 1 unspecified atom stereocenters. The van der Waals surface area contributed by atoms with Gasteiger partial charge in [0.1, 0.15) is 5.60 Å². The van der Waals surface area contributed by atoms with E-state index in [2.05, 4.69) is 5.32 Å². The molecule has 116 valence electrons. The van der Waals surface area contributed by atoms with Crippen LogP contribution in [0.2, 0.25) is 0 Å². The first-order chi connectivity index (χ1) is 9.33. The fourth-order valence-corrected chi connectivity index (χ4v) is 2.12. The molecule has 1 fully saturated rings. The van der Waals surface area contributed by atoms with Crippen LogP contribution in [0.15, 0.2) is 0 Å². The first kappa shape index (κ1) is 16.8. The summed E-state index contributed by atoms with van der Waals surface area (Å²) in [4.78, 5) is 25.5. The average molecular weight is 286 g/mol. The highest BCUT2D eigenvalue weighted by molar-refractivity contribution is 5.80. The second-order valence-corrected chi connectivity index (χ2v) is 6.13. The van der Waals surface area contributed by atoms with Gasteiger partial charge in [0.2, 0.25) is 5.91 Å². The summed E-state index contributed by atoms with van der Waals surface area (Å²) >= 11 is 0. The Morgan fingerprint density at radius 2 is 2.10 bits per heavy atom. The zero-order valence-corrected chi connectivity index (χ0v) is 12.6. The third-order valence-corrected chi connectivity index (χ3v) is 3.08. The minimum atomic E-state index is -0.520. The van der Waals surface area contributed by atoms with Gasteiger partial charge in [-0.1, -0.05) is 0 Å². The lowest BCUT2D eigenvalue weighted by Crippen LogP contribution is -2.47. The summed E-state index contributed by atoms with van der Waals surface area (Å²) < 4.78 is 5.33. The second kappa shape index (κ2) is 7.47. The Hall–Kier alpha value is -1.30. The first-order valence-electron chi connectivity index (χ1n) is 7.20. The zero-order chi connectivity index (χ0) is 15.2. The number of carbonyl (C=O) groups is 2. The van der Waals surface area contributed by atoms with E-state index >= 15 is 0 Å². The van der Waals surface area contributed by atoms with Gasteiger partial charge in [0.05, 0.1) is 5.92 Å². The minimum absolute atomic E-state index is 0.0493. The highest BCUT2D eigenvalue weighted by Crippen LogP contribution is 2.19. The van der Waals surface area contributed by atoms with Crippen molar-refractivity contribution in [3.8, 4) is 0 Å². The number of rotatable bonds is 4. The molecule has 1 saturated heterocycles. The van der Waals surface area contributed by atoms with Gasteiger partial charge in [-0.3, -0.25) is 4.79 Å². The van der Waals surface area contributed by atoms with E-state index < -0.39 is 5.60 Å². The van der Waals surface area contributed by atoms with Crippen LogP contribution in [-0.2, 0) is 9.53 Å². The number of nitrogens with zero attached hydrogens (tertiary/aromatic N) is 1.